The van der Waals surface area contributed by atoms with E-state index >= 15 is 0 Å². The average molecular weight is 324 g/mol. The number of fused-ring (bicyclic) bond motifs is 1. The van der Waals surface area contributed by atoms with Gasteiger partial charge in [-0.3, -0.25) is 4.79 Å². The monoisotopic (exact) mass is 323 g/mol. The highest BCUT2D eigenvalue weighted by molar-refractivity contribution is 6.32. The van der Waals surface area contributed by atoms with E-state index in [2.05, 4.69) is 0 Å². The van der Waals surface area contributed by atoms with Gasteiger partial charge >= 0.3 is 0 Å². The lowest BCUT2D eigenvalue weighted by atomic mass is 10.1. The highest BCUT2D eigenvalue weighted by atomic mass is 35.5. The molecule has 3 rings (SSSR count). The van der Waals surface area contributed by atoms with Crippen LogP contribution >= 0.6 is 11.6 Å². The zero-order chi connectivity index (χ0) is 15.5. The molecule has 0 atom stereocenters. The van der Waals surface area contributed by atoms with E-state index in [4.69, 9.17) is 21.1 Å². The van der Waals surface area contributed by atoms with E-state index in [1.165, 1.54) is 12.8 Å². The molecule has 0 unspecified atom stereocenters. The number of carbonyl (C=O) groups is 1. The minimum atomic E-state index is 0.169. The molecule has 1 heterocycles. The number of nitrogens with zero attached hydrogens (tertiary/aromatic N) is 1. The van der Waals surface area contributed by atoms with Crippen molar-refractivity contribution in [2.24, 2.45) is 0 Å². The fourth-order valence-corrected chi connectivity index (χ4v) is 3.68. The molecule has 1 aliphatic carbocycles. The third-order valence-electron chi connectivity index (χ3n) is 4.44. The quantitative estimate of drug-likeness (QED) is 0.852. The summed E-state index contributed by atoms with van der Waals surface area (Å²) in [4.78, 5) is 14.6. The molecule has 1 aromatic rings. The van der Waals surface area contributed by atoms with Gasteiger partial charge in [-0.25, -0.2) is 0 Å². The lowest BCUT2D eigenvalue weighted by Gasteiger charge is -2.28. The number of carbonyl (C=O) groups excluding carboxylic acids is 1. The van der Waals surface area contributed by atoms with E-state index < -0.39 is 0 Å². The summed E-state index contributed by atoms with van der Waals surface area (Å²) in [5.74, 6) is 1.40. The summed E-state index contributed by atoms with van der Waals surface area (Å²) in [5.41, 5.74) is 0.885. The molecule has 120 valence electrons. The minimum Gasteiger partial charge on any atom is -0.486 e. The van der Waals surface area contributed by atoms with Crippen LogP contribution in [0.15, 0.2) is 12.1 Å². The van der Waals surface area contributed by atoms with Crippen molar-refractivity contribution in [3.05, 3.63) is 22.7 Å². The highest BCUT2D eigenvalue weighted by Gasteiger charge is 2.26. The highest BCUT2D eigenvalue weighted by Crippen LogP contribution is 2.38. The Morgan fingerprint density at radius 3 is 2.73 bits per heavy atom. The smallest absolute Gasteiger partial charge is 0.227 e. The summed E-state index contributed by atoms with van der Waals surface area (Å²) in [5, 5.41) is 0.518. The van der Waals surface area contributed by atoms with Crippen molar-refractivity contribution >= 4 is 17.5 Å². The fourth-order valence-electron chi connectivity index (χ4n) is 3.40. The molecule has 0 N–H and O–H groups in total. The predicted octanol–water partition coefficient (Wildman–Crippen LogP) is 3.44. The van der Waals surface area contributed by atoms with E-state index in [9.17, 15) is 4.79 Å². The number of halogens is 1. The van der Waals surface area contributed by atoms with Gasteiger partial charge < -0.3 is 14.4 Å². The Kier molecular flexibility index (Phi) is 4.77. The van der Waals surface area contributed by atoms with Gasteiger partial charge in [-0.15, -0.1) is 0 Å². The second-order valence-electron chi connectivity index (χ2n) is 5.90. The van der Waals surface area contributed by atoms with Crippen molar-refractivity contribution in [1.82, 2.24) is 4.90 Å². The van der Waals surface area contributed by atoms with Crippen molar-refractivity contribution in [2.75, 3.05) is 19.8 Å². The Hall–Kier alpha value is -1.42. The lowest BCUT2D eigenvalue weighted by molar-refractivity contribution is -0.132. The summed E-state index contributed by atoms with van der Waals surface area (Å²) in [6.45, 7) is 3.84. The third-order valence-corrected chi connectivity index (χ3v) is 4.72. The van der Waals surface area contributed by atoms with E-state index in [0.29, 0.717) is 42.2 Å². The largest absolute Gasteiger partial charge is 0.486 e. The maximum Gasteiger partial charge on any atom is 0.227 e. The fraction of sp³-hybridized carbons (Fsp3) is 0.588. The molecular weight excluding hydrogens is 302 g/mol. The van der Waals surface area contributed by atoms with Crippen LogP contribution < -0.4 is 9.47 Å². The van der Waals surface area contributed by atoms with Crippen LogP contribution in [0.5, 0.6) is 11.5 Å². The first-order valence-electron chi connectivity index (χ1n) is 8.06. The SMILES string of the molecule is CCN(C(=O)Cc1cc(Cl)c2c(c1)OCCO2)C1CCCC1. The lowest BCUT2D eigenvalue weighted by Crippen LogP contribution is -2.39. The van der Waals surface area contributed by atoms with Crippen molar-refractivity contribution in [3.63, 3.8) is 0 Å². The molecule has 1 amide bonds. The molecule has 4 nitrogen and oxygen atoms in total. The summed E-state index contributed by atoms with van der Waals surface area (Å²) in [6, 6.07) is 4.10. The topological polar surface area (TPSA) is 38.8 Å². The van der Waals surface area contributed by atoms with Crippen LogP contribution in [0, 0.1) is 0 Å². The van der Waals surface area contributed by atoms with Gasteiger partial charge in [0, 0.05) is 12.6 Å². The Morgan fingerprint density at radius 2 is 2.00 bits per heavy atom. The summed E-state index contributed by atoms with van der Waals surface area (Å²) >= 11 is 6.24. The minimum absolute atomic E-state index is 0.169. The first-order chi connectivity index (χ1) is 10.7. The van der Waals surface area contributed by atoms with Gasteiger partial charge in [0.05, 0.1) is 11.4 Å². The average Bonchev–Trinajstić information content (AvgIpc) is 3.02. The van der Waals surface area contributed by atoms with E-state index in [-0.39, 0.29) is 5.91 Å². The van der Waals surface area contributed by atoms with Gasteiger partial charge in [-0.1, -0.05) is 24.4 Å². The molecule has 22 heavy (non-hydrogen) atoms. The van der Waals surface area contributed by atoms with Crippen LogP contribution in [0.4, 0.5) is 0 Å². The number of hydrogen-bond donors (Lipinski definition) is 0. The zero-order valence-corrected chi connectivity index (χ0v) is 13.7. The second kappa shape index (κ2) is 6.78. The van der Waals surface area contributed by atoms with E-state index in [0.717, 1.165) is 24.9 Å². The van der Waals surface area contributed by atoms with Gasteiger partial charge in [0.1, 0.15) is 13.2 Å². The second-order valence-corrected chi connectivity index (χ2v) is 6.30. The number of amides is 1. The van der Waals surface area contributed by atoms with Crippen LogP contribution in [-0.4, -0.2) is 36.6 Å². The maximum absolute atomic E-state index is 12.6. The molecule has 1 aliphatic heterocycles. The molecule has 0 saturated heterocycles. The zero-order valence-electron chi connectivity index (χ0n) is 12.9. The number of ether oxygens (including phenoxy) is 2. The van der Waals surface area contributed by atoms with Crippen molar-refractivity contribution < 1.29 is 14.3 Å². The standard InChI is InChI=1S/C17H22ClNO3/c1-2-19(13-5-3-4-6-13)16(20)11-12-9-14(18)17-15(10-12)21-7-8-22-17/h9-10,13H,2-8,11H2,1H3. The van der Waals surface area contributed by atoms with Gasteiger partial charge in [0.25, 0.3) is 0 Å². The Balaban J connectivity index is 1.74. The van der Waals surface area contributed by atoms with E-state index in [1.54, 1.807) is 0 Å². The number of likely N-dealkylation sites (N-methyl/N-ethyl adjacent to an activating group) is 1. The first-order valence-corrected chi connectivity index (χ1v) is 8.44. The molecule has 0 spiro atoms. The first kappa shape index (κ1) is 15.5. The molecule has 0 radical (unpaired) electrons. The van der Waals surface area contributed by atoms with Crippen LogP contribution in [-0.2, 0) is 11.2 Å². The third kappa shape index (κ3) is 3.17. The Morgan fingerprint density at radius 1 is 1.27 bits per heavy atom. The summed E-state index contributed by atoms with van der Waals surface area (Å²) in [6.07, 6.45) is 5.07. The summed E-state index contributed by atoms with van der Waals surface area (Å²) in [7, 11) is 0. The van der Waals surface area contributed by atoms with Crippen molar-refractivity contribution in [1.29, 1.82) is 0 Å². The molecule has 1 aromatic carbocycles. The molecule has 1 saturated carbocycles. The van der Waals surface area contributed by atoms with Gasteiger partial charge in [-0.2, -0.15) is 0 Å². The van der Waals surface area contributed by atoms with Crippen LogP contribution in [0.2, 0.25) is 5.02 Å². The molecule has 0 bridgehead atoms. The molecule has 5 heteroatoms. The number of hydrogen-bond acceptors (Lipinski definition) is 3. The van der Waals surface area contributed by atoms with Crippen LogP contribution in [0.1, 0.15) is 38.2 Å². The van der Waals surface area contributed by atoms with Gasteiger partial charge in [0.2, 0.25) is 5.91 Å². The van der Waals surface area contributed by atoms with Crippen LogP contribution in [0.3, 0.4) is 0 Å². The summed E-state index contributed by atoms with van der Waals surface area (Å²) < 4.78 is 11.1. The van der Waals surface area contributed by atoms with Gasteiger partial charge in [-0.05, 0) is 37.5 Å². The van der Waals surface area contributed by atoms with Crippen LogP contribution in [0.25, 0.3) is 0 Å². The Bertz CT molecular complexity index is 555. The molecule has 1 fully saturated rings. The van der Waals surface area contributed by atoms with Gasteiger partial charge in [0.15, 0.2) is 11.5 Å². The van der Waals surface area contributed by atoms with Crippen molar-refractivity contribution in [3.8, 4) is 11.5 Å². The molecule has 0 aromatic heterocycles. The van der Waals surface area contributed by atoms with Crippen molar-refractivity contribution in [2.45, 2.75) is 45.1 Å². The predicted molar refractivity (Wildman–Crippen MR) is 85.8 cm³/mol. The normalized spacial score (nSPS) is 17.5. The number of rotatable bonds is 4. The Labute approximate surface area is 136 Å². The molecular formula is C17H22ClNO3. The number of benzene rings is 1. The van der Waals surface area contributed by atoms with E-state index in [1.807, 2.05) is 24.0 Å². The maximum atomic E-state index is 12.6. The molecule has 2 aliphatic rings.